The number of rotatable bonds is 7. The number of aromatic hydroxyl groups is 1. The normalized spacial score (nSPS) is 11.1. The van der Waals surface area contributed by atoms with Crippen LogP contribution in [-0.4, -0.2) is 35.3 Å². The number of thiocarbonyl (C=S) groups is 1. The van der Waals surface area contributed by atoms with Crippen molar-refractivity contribution in [1.82, 2.24) is 16.0 Å². The maximum Gasteiger partial charge on any atom is 0.242 e. The molecule has 1 amide bonds. The zero-order valence-corrected chi connectivity index (χ0v) is 13.2. The van der Waals surface area contributed by atoms with E-state index in [-0.39, 0.29) is 18.1 Å². The fourth-order valence-corrected chi connectivity index (χ4v) is 2.10. The van der Waals surface area contributed by atoms with E-state index in [9.17, 15) is 9.90 Å². The highest BCUT2D eigenvalue weighted by Crippen LogP contribution is 2.11. The third-order valence-corrected chi connectivity index (χ3v) is 3.13. The molecule has 0 aliphatic carbocycles. The molecule has 0 saturated carbocycles. The van der Waals surface area contributed by atoms with Crippen LogP contribution in [0.3, 0.4) is 0 Å². The second-order valence-electron chi connectivity index (χ2n) is 4.63. The van der Waals surface area contributed by atoms with Gasteiger partial charge in [0.2, 0.25) is 5.91 Å². The lowest BCUT2D eigenvalue weighted by atomic mass is 10.1. The van der Waals surface area contributed by atoms with Crippen LogP contribution >= 0.6 is 12.2 Å². The Morgan fingerprint density at radius 3 is 2.64 bits per heavy atom. The minimum absolute atomic E-state index is 0.176. The molecular formula is C15H20N4O2S. The Hall–Kier alpha value is -2.33. The molecule has 0 aromatic heterocycles. The zero-order chi connectivity index (χ0) is 16.4. The zero-order valence-electron chi connectivity index (χ0n) is 12.4. The van der Waals surface area contributed by atoms with Gasteiger partial charge in [0.05, 0.1) is 12.5 Å². The lowest BCUT2D eigenvalue weighted by Crippen LogP contribution is -2.51. The monoisotopic (exact) mass is 320 g/mol. The number of carbonyl (C=O) groups excluding carboxylic acids is 1. The van der Waals surface area contributed by atoms with Gasteiger partial charge in [-0.05, 0) is 36.8 Å². The largest absolute Gasteiger partial charge is 0.508 e. The number of hydrogen-bond donors (Lipinski definition) is 4. The van der Waals surface area contributed by atoms with Crippen LogP contribution in [0.15, 0.2) is 24.3 Å². The molecule has 1 rings (SSSR count). The minimum Gasteiger partial charge on any atom is -0.508 e. The van der Waals surface area contributed by atoms with Crippen molar-refractivity contribution >= 4 is 23.2 Å². The molecule has 7 heteroatoms. The van der Waals surface area contributed by atoms with Crippen LogP contribution < -0.4 is 16.0 Å². The molecule has 4 N–H and O–H groups in total. The number of phenolic OH excluding ortho intramolecular Hbond substituents is 1. The maximum atomic E-state index is 12.2. The summed E-state index contributed by atoms with van der Waals surface area (Å²) < 4.78 is 0. The molecule has 0 fully saturated rings. The summed E-state index contributed by atoms with van der Waals surface area (Å²) >= 11 is 5.13. The van der Waals surface area contributed by atoms with E-state index < -0.39 is 6.04 Å². The molecule has 0 spiro atoms. The van der Waals surface area contributed by atoms with Crippen LogP contribution in [0.25, 0.3) is 0 Å². The minimum atomic E-state index is -0.546. The Morgan fingerprint density at radius 2 is 2.05 bits per heavy atom. The summed E-state index contributed by atoms with van der Waals surface area (Å²) in [5, 5.41) is 26.8. The Bertz CT molecular complexity index is 539. The fourth-order valence-electron chi connectivity index (χ4n) is 1.81. The van der Waals surface area contributed by atoms with E-state index >= 15 is 0 Å². The average Bonchev–Trinajstić information content (AvgIpc) is 2.49. The summed E-state index contributed by atoms with van der Waals surface area (Å²) in [6, 6.07) is 8.08. The van der Waals surface area contributed by atoms with Crippen LogP contribution in [0.1, 0.15) is 18.9 Å². The first-order chi connectivity index (χ1) is 10.6. The van der Waals surface area contributed by atoms with E-state index in [2.05, 4.69) is 16.0 Å². The Balaban J connectivity index is 2.72. The van der Waals surface area contributed by atoms with E-state index in [0.717, 1.165) is 5.56 Å². The molecule has 1 aromatic rings. The lowest BCUT2D eigenvalue weighted by molar-refractivity contribution is -0.122. The van der Waals surface area contributed by atoms with Crippen LogP contribution in [-0.2, 0) is 11.2 Å². The van der Waals surface area contributed by atoms with Gasteiger partial charge in [0.15, 0.2) is 5.11 Å². The summed E-state index contributed by atoms with van der Waals surface area (Å²) in [5.74, 6) is -0.0431. The molecule has 0 radical (unpaired) electrons. The summed E-state index contributed by atoms with van der Waals surface area (Å²) in [4.78, 5) is 12.2. The third-order valence-electron chi connectivity index (χ3n) is 2.87. The number of phenols is 1. The lowest BCUT2D eigenvalue weighted by Gasteiger charge is -2.20. The molecule has 22 heavy (non-hydrogen) atoms. The number of benzene rings is 1. The predicted octanol–water partition coefficient (Wildman–Crippen LogP) is 0.817. The van der Waals surface area contributed by atoms with Crippen molar-refractivity contribution in [2.75, 3.05) is 13.1 Å². The Morgan fingerprint density at radius 1 is 1.36 bits per heavy atom. The van der Waals surface area contributed by atoms with Crippen LogP contribution in [0.5, 0.6) is 5.75 Å². The van der Waals surface area contributed by atoms with Gasteiger partial charge in [-0.3, -0.25) is 4.79 Å². The van der Waals surface area contributed by atoms with Crippen LogP contribution in [0.4, 0.5) is 0 Å². The van der Waals surface area contributed by atoms with Gasteiger partial charge >= 0.3 is 0 Å². The summed E-state index contributed by atoms with van der Waals surface area (Å²) in [6.07, 6.45) is 0.680. The molecule has 6 nitrogen and oxygen atoms in total. The molecule has 0 bridgehead atoms. The van der Waals surface area contributed by atoms with Gasteiger partial charge < -0.3 is 21.1 Å². The van der Waals surface area contributed by atoms with E-state index in [4.69, 9.17) is 17.5 Å². The van der Waals surface area contributed by atoms with Gasteiger partial charge in [-0.1, -0.05) is 12.1 Å². The topological polar surface area (TPSA) is 97.2 Å². The average molecular weight is 320 g/mol. The Labute approximate surface area is 135 Å². The number of nitrogens with zero attached hydrogens (tertiary/aromatic N) is 1. The highest BCUT2D eigenvalue weighted by Gasteiger charge is 2.19. The SMILES string of the molecule is CCNC(=S)NC(Cc1ccc(O)cc1)C(=O)NCCC#N. The predicted molar refractivity (Wildman–Crippen MR) is 88.2 cm³/mol. The van der Waals surface area contributed by atoms with Gasteiger partial charge in [0.25, 0.3) is 0 Å². The maximum absolute atomic E-state index is 12.2. The molecule has 0 aliphatic heterocycles. The molecule has 0 heterocycles. The molecule has 0 aliphatic rings. The van der Waals surface area contributed by atoms with Crippen molar-refractivity contribution < 1.29 is 9.90 Å². The smallest absolute Gasteiger partial charge is 0.242 e. The first-order valence-electron chi connectivity index (χ1n) is 7.03. The van der Waals surface area contributed by atoms with Crippen molar-refractivity contribution in [2.24, 2.45) is 0 Å². The van der Waals surface area contributed by atoms with E-state index in [1.54, 1.807) is 24.3 Å². The quantitative estimate of drug-likeness (QED) is 0.439. The van der Waals surface area contributed by atoms with Gasteiger partial charge in [0, 0.05) is 19.5 Å². The number of nitriles is 1. The molecule has 1 atom stereocenters. The summed E-state index contributed by atoms with van der Waals surface area (Å²) in [5.41, 5.74) is 0.894. The van der Waals surface area contributed by atoms with E-state index in [0.29, 0.717) is 24.6 Å². The van der Waals surface area contributed by atoms with Crippen molar-refractivity contribution in [1.29, 1.82) is 5.26 Å². The first-order valence-corrected chi connectivity index (χ1v) is 7.44. The highest BCUT2D eigenvalue weighted by molar-refractivity contribution is 7.80. The highest BCUT2D eigenvalue weighted by atomic mass is 32.1. The number of hydrogen-bond acceptors (Lipinski definition) is 4. The van der Waals surface area contributed by atoms with Crippen molar-refractivity contribution in [3.05, 3.63) is 29.8 Å². The number of carbonyl (C=O) groups is 1. The van der Waals surface area contributed by atoms with Crippen molar-refractivity contribution in [3.8, 4) is 11.8 Å². The van der Waals surface area contributed by atoms with Gasteiger partial charge in [0.1, 0.15) is 11.8 Å². The van der Waals surface area contributed by atoms with Crippen molar-refractivity contribution in [3.63, 3.8) is 0 Å². The molecule has 118 valence electrons. The molecular weight excluding hydrogens is 300 g/mol. The molecule has 0 saturated heterocycles. The second-order valence-corrected chi connectivity index (χ2v) is 5.03. The summed E-state index contributed by atoms with van der Waals surface area (Å²) in [6.45, 7) is 2.88. The third kappa shape index (κ3) is 6.41. The van der Waals surface area contributed by atoms with Crippen LogP contribution in [0.2, 0.25) is 0 Å². The first kappa shape index (κ1) is 17.7. The van der Waals surface area contributed by atoms with Gasteiger partial charge in [-0.2, -0.15) is 5.26 Å². The number of amides is 1. The summed E-state index contributed by atoms with van der Waals surface area (Å²) in [7, 11) is 0. The van der Waals surface area contributed by atoms with Gasteiger partial charge in [-0.25, -0.2) is 0 Å². The van der Waals surface area contributed by atoms with E-state index in [1.807, 2.05) is 13.0 Å². The van der Waals surface area contributed by atoms with Crippen molar-refractivity contribution in [2.45, 2.75) is 25.8 Å². The fraction of sp³-hybridized carbons (Fsp3) is 0.400. The van der Waals surface area contributed by atoms with Gasteiger partial charge in [-0.15, -0.1) is 0 Å². The molecule has 1 unspecified atom stereocenters. The Kier molecular flexibility index (Phi) is 7.72. The molecule has 1 aromatic carbocycles. The van der Waals surface area contributed by atoms with Crippen LogP contribution in [0, 0.1) is 11.3 Å². The van der Waals surface area contributed by atoms with E-state index in [1.165, 1.54) is 0 Å². The number of nitrogens with one attached hydrogen (secondary N) is 3. The standard InChI is InChI=1S/C15H20N4O2S/c1-2-17-15(22)19-13(14(21)18-9-3-8-16)10-11-4-6-12(20)7-5-11/h4-7,13,20H,2-3,9-10H2,1H3,(H,18,21)(H2,17,19,22). The second kappa shape index (κ2) is 9.58.